The summed E-state index contributed by atoms with van der Waals surface area (Å²) in [7, 11) is 0. The molecule has 1 aliphatic carbocycles. The van der Waals surface area contributed by atoms with Crippen molar-refractivity contribution in [2.45, 2.75) is 24.8 Å². The molecule has 0 aliphatic heterocycles. The number of benzene rings is 2. The van der Waals surface area contributed by atoms with Gasteiger partial charge >= 0.3 is 0 Å². The van der Waals surface area contributed by atoms with Crippen LogP contribution in [-0.4, -0.2) is 0 Å². The van der Waals surface area contributed by atoms with E-state index in [0.29, 0.717) is 12.0 Å². The number of rotatable bonds is 2. The van der Waals surface area contributed by atoms with Crippen molar-refractivity contribution in [2.24, 2.45) is 5.18 Å². The predicted molar refractivity (Wildman–Crippen MR) is 72.4 cm³/mol. The van der Waals surface area contributed by atoms with Gasteiger partial charge in [0.2, 0.25) is 0 Å². The number of halogens is 2. The fourth-order valence-electron chi connectivity index (χ4n) is 2.94. The first-order valence-corrected chi connectivity index (χ1v) is 6.56. The van der Waals surface area contributed by atoms with Crippen molar-refractivity contribution in [1.29, 1.82) is 0 Å². The molecule has 2 nitrogen and oxygen atoms in total. The van der Waals surface area contributed by atoms with E-state index in [1.165, 1.54) is 24.3 Å². The van der Waals surface area contributed by atoms with Crippen LogP contribution in [0.3, 0.4) is 0 Å². The Kier molecular flexibility index (Phi) is 3.30. The van der Waals surface area contributed by atoms with E-state index in [4.69, 9.17) is 0 Å². The molecule has 0 radical (unpaired) electrons. The van der Waals surface area contributed by atoms with Crippen LogP contribution in [0.2, 0.25) is 0 Å². The van der Waals surface area contributed by atoms with Gasteiger partial charge in [-0.05, 0) is 53.8 Å². The van der Waals surface area contributed by atoms with Crippen molar-refractivity contribution in [3.05, 3.63) is 75.7 Å². The number of nitroso groups, excluding NO2 is 1. The van der Waals surface area contributed by atoms with E-state index >= 15 is 0 Å². The van der Waals surface area contributed by atoms with Gasteiger partial charge in [-0.3, -0.25) is 0 Å². The van der Waals surface area contributed by atoms with Crippen LogP contribution in [0.5, 0.6) is 0 Å². The highest BCUT2D eigenvalue weighted by molar-refractivity contribution is 5.42. The Morgan fingerprint density at radius 1 is 0.900 bits per heavy atom. The fourth-order valence-corrected chi connectivity index (χ4v) is 2.94. The largest absolute Gasteiger partial charge is 0.207 e. The maximum absolute atomic E-state index is 13.4. The molecular weight excluding hydrogens is 260 g/mol. The minimum Gasteiger partial charge on any atom is -0.207 e. The second kappa shape index (κ2) is 5.12. The van der Waals surface area contributed by atoms with Gasteiger partial charge in [-0.2, -0.15) is 4.91 Å². The van der Waals surface area contributed by atoms with E-state index in [0.717, 1.165) is 17.5 Å². The molecule has 20 heavy (non-hydrogen) atoms. The van der Waals surface area contributed by atoms with Gasteiger partial charge in [-0.15, -0.1) is 0 Å². The molecule has 4 heteroatoms. The van der Waals surface area contributed by atoms with Gasteiger partial charge in [0, 0.05) is 5.92 Å². The molecule has 1 aliphatic rings. The number of hydrogen-bond donors (Lipinski definition) is 0. The van der Waals surface area contributed by atoms with Gasteiger partial charge in [0.1, 0.15) is 17.7 Å². The van der Waals surface area contributed by atoms with Gasteiger partial charge in [0.25, 0.3) is 0 Å². The summed E-state index contributed by atoms with van der Waals surface area (Å²) in [5.41, 5.74) is 2.54. The summed E-state index contributed by atoms with van der Waals surface area (Å²) in [5.74, 6) is -0.585. The van der Waals surface area contributed by atoms with E-state index in [1.54, 1.807) is 18.2 Å². The van der Waals surface area contributed by atoms with Crippen molar-refractivity contribution < 1.29 is 8.78 Å². The molecule has 0 heterocycles. The second-order valence-corrected chi connectivity index (χ2v) is 5.08. The maximum atomic E-state index is 13.4. The van der Waals surface area contributed by atoms with Gasteiger partial charge in [-0.25, -0.2) is 8.78 Å². The van der Waals surface area contributed by atoms with Gasteiger partial charge in [0.05, 0.1) is 0 Å². The minimum atomic E-state index is -0.489. The molecule has 0 amide bonds. The molecule has 2 aromatic rings. The van der Waals surface area contributed by atoms with Crippen molar-refractivity contribution in [2.75, 3.05) is 0 Å². The highest BCUT2D eigenvalue weighted by Crippen LogP contribution is 2.42. The van der Waals surface area contributed by atoms with Crippen LogP contribution in [-0.2, 0) is 0 Å². The highest BCUT2D eigenvalue weighted by atomic mass is 19.1. The zero-order chi connectivity index (χ0) is 14.1. The van der Waals surface area contributed by atoms with Gasteiger partial charge < -0.3 is 0 Å². The van der Waals surface area contributed by atoms with Crippen molar-refractivity contribution in [3.63, 3.8) is 0 Å². The molecular formula is C16H13F2NO. The Bertz CT molecular complexity index is 639. The fraction of sp³-hybridized carbons (Fsp3) is 0.250. The molecule has 0 bridgehead atoms. The highest BCUT2D eigenvalue weighted by Gasteiger charge is 2.29. The predicted octanol–water partition coefficient (Wildman–Crippen LogP) is 4.70. The SMILES string of the molecule is O=NC1CCC(c2ccc(F)cc2)c2ccc(F)cc21. The summed E-state index contributed by atoms with van der Waals surface area (Å²) in [6, 6.07) is 10.3. The van der Waals surface area contributed by atoms with E-state index in [2.05, 4.69) is 5.18 Å². The lowest BCUT2D eigenvalue weighted by molar-refractivity contribution is 0.521. The molecule has 0 spiro atoms. The first kappa shape index (κ1) is 12.9. The lowest BCUT2D eigenvalue weighted by Gasteiger charge is -2.28. The van der Waals surface area contributed by atoms with Crippen LogP contribution < -0.4 is 0 Å². The Labute approximate surface area is 115 Å². The van der Waals surface area contributed by atoms with Gasteiger partial charge in [0.15, 0.2) is 0 Å². The summed E-state index contributed by atoms with van der Waals surface area (Å²) in [6.45, 7) is 0. The zero-order valence-electron chi connectivity index (χ0n) is 10.7. The Balaban J connectivity index is 2.07. The molecule has 3 rings (SSSR count). The number of hydrogen-bond acceptors (Lipinski definition) is 2. The summed E-state index contributed by atoms with van der Waals surface area (Å²) >= 11 is 0. The van der Waals surface area contributed by atoms with Crippen molar-refractivity contribution >= 4 is 0 Å². The molecule has 2 aromatic carbocycles. The third-order valence-electron chi connectivity index (χ3n) is 3.91. The van der Waals surface area contributed by atoms with Crippen LogP contribution in [0.1, 0.15) is 41.5 Å². The standard InChI is InChI=1S/C16H13F2NO/c17-11-3-1-10(2-4-11)13-7-8-16(19-20)15-9-12(18)5-6-14(13)15/h1-6,9,13,16H,7-8H2. The van der Waals surface area contributed by atoms with Crippen molar-refractivity contribution in [1.82, 2.24) is 0 Å². The van der Waals surface area contributed by atoms with Crippen LogP contribution in [0.4, 0.5) is 8.78 Å². The first-order chi connectivity index (χ1) is 9.69. The lowest BCUT2D eigenvalue weighted by Crippen LogP contribution is -2.14. The van der Waals surface area contributed by atoms with E-state index in [-0.39, 0.29) is 17.6 Å². The smallest absolute Gasteiger partial charge is 0.123 e. The lowest BCUT2D eigenvalue weighted by atomic mass is 9.77. The monoisotopic (exact) mass is 273 g/mol. The molecule has 102 valence electrons. The molecule has 0 saturated heterocycles. The number of fused-ring (bicyclic) bond motifs is 1. The third-order valence-corrected chi connectivity index (χ3v) is 3.91. The molecule has 0 aromatic heterocycles. The Hall–Kier alpha value is -2.10. The molecule has 2 atom stereocenters. The topological polar surface area (TPSA) is 29.4 Å². The van der Waals surface area contributed by atoms with Crippen LogP contribution in [0.25, 0.3) is 0 Å². The van der Waals surface area contributed by atoms with Crippen molar-refractivity contribution in [3.8, 4) is 0 Å². The molecule has 0 N–H and O–H groups in total. The van der Waals surface area contributed by atoms with E-state index < -0.39 is 6.04 Å². The quantitative estimate of drug-likeness (QED) is 0.729. The average Bonchev–Trinajstić information content (AvgIpc) is 2.47. The first-order valence-electron chi connectivity index (χ1n) is 6.56. The summed E-state index contributed by atoms with van der Waals surface area (Å²) in [4.78, 5) is 10.9. The number of nitrogens with zero attached hydrogens (tertiary/aromatic N) is 1. The molecule has 0 fully saturated rings. The zero-order valence-corrected chi connectivity index (χ0v) is 10.7. The Morgan fingerprint density at radius 2 is 1.60 bits per heavy atom. The van der Waals surface area contributed by atoms with Crippen LogP contribution in [0.15, 0.2) is 47.6 Å². The van der Waals surface area contributed by atoms with Gasteiger partial charge in [-0.1, -0.05) is 23.4 Å². The van der Waals surface area contributed by atoms with E-state index in [1.807, 2.05) is 0 Å². The van der Waals surface area contributed by atoms with Crippen LogP contribution >= 0.6 is 0 Å². The summed E-state index contributed by atoms with van der Waals surface area (Å²) in [6.07, 6.45) is 1.34. The molecule has 0 saturated carbocycles. The normalized spacial score (nSPS) is 21.3. The summed E-state index contributed by atoms with van der Waals surface area (Å²) in [5, 5.41) is 3.10. The molecule has 2 unspecified atom stereocenters. The Morgan fingerprint density at radius 3 is 2.30 bits per heavy atom. The second-order valence-electron chi connectivity index (χ2n) is 5.08. The maximum Gasteiger partial charge on any atom is 0.123 e. The van der Waals surface area contributed by atoms with E-state index in [9.17, 15) is 13.7 Å². The average molecular weight is 273 g/mol. The third kappa shape index (κ3) is 2.22. The summed E-state index contributed by atoms with van der Waals surface area (Å²) < 4.78 is 26.4. The minimum absolute atomic E-state index is 0.0594. The van der Waals surface area contributed by atoms with Crippen LogP contribution in [0, 0.1) is 16.5 Å².